The quantitative estimate of drug-likeness (QED) is 0.371. The predicted octanol–water partition coefficient (Wildman–Crippen LogP) is 6.62. The van der Waals surface area contributed by atoms with Crippen LogP contribution in [0.5, 0.6) is 11.5 Å². The fourth-order valence-electron chi connectivity index (χ4n) is 4.81. The van der Waals surface area contributed by atoms with Gasteiger partial charge in [-0.3, -0.25) is 0 Å². The first-order valence-corrected chi connectivity index (χ1v) is 10.7. The predicted molar refractivity (Wildman–Crippen MR) is 124 cm³/mol. The van der Waals surface area contributed by atoms with Crippen LogP contribution in [-0.4, -0.2) is 5.97 Å². The van der Waals surface area contributed by atoms with Crippen molar-refractivity contribution in [2.75, 3.05) is 5.32 Å². The van der Waals surface area contributed by atoms with Crippen LogP contribution < -0.4 is 10.1 Å². The number of carbonyl (C=O) groups excluding carboxylic acids is 1. The van der Waals surface area contributed by atoms with Gasteiger partial charge in [0.2, 0.25) is 0 Å². The van der Waals surface area contributed by atoms with Gasteiger partial charge in [-0.2, -0.15) is 0 Å². The van der Waals surface area contributed by atoms with Gasteiger partial charge < -0.3 is 14.8 Å². The molecule has 0 amide bonds. The molecule has 4 aromatic carbocycles. The Morgan fingerprint density at radius 3 is 2.03 bits per heavy atom. The SMILES string of the molecule is Cc1ccc(Nc2ccc(C)c3c2C2(OC3=O)c3ccccc3Oc3ccccc32)cc1. The molecule has 2 heterocycles. The molecule has 0 saturated heterocycles. The zero-order valence-electron chi connectivity index (χ0n) is 17.8. The summed E-state index contributed by atoms with van der Waals surface area (Å²) in [7, 11) is 0. The Balaban J connectivity index is 1.67. The molecule has 32 heavy (non-hydrogen) atoms. The van der Waals surface area contributed by atoms with Gasteiger partial charge in [-0.15, -0.1) is 0 Å². The molecule has 4 heteroatoms. The van der Waals surface area contributed by atoms with E-state index in [9.17, 15) is 4.79 Å². The van der Waals surface area contributed by atoms with Gasteiger partial charge in [0.15, 0.2) is 5.60 Å². The summed E-state index contributed by atoms with van der Waals surface area (Å²) >= 11 is 0. The van der Waals surface area contributed by atoms with Gasteiger partial charge in [-0.05, 0) is 49.7 Å². The zero-order chi connectivity index (χ0) is 21.9. The first-order chi connectivity index (χ1) is 15.6. The molecule has 0 aliphatic carbocycles. The van der Waals surface area contributed by atoms with E-state index < -0.39 is 5.60 Å². The third kappa shape index (κ3) is 2.53. The Hall–Kier alpha value is -4.05. The lowest BCUT2D eigenvalue weighted by atomic mass is 9.76. The van der Waals surface area contributed by atoms with Crippen LogP contribution in [0.2, 0.25) is 0 Å². The number of hydrogen-bond donors (Lipinski definition) is 1. The molecule has 2 aliphatic rings. The molecule has 0 fully saturated rings. The van der Waals surface area contributed by atoms with Crippen LogP contribution in [-0.2, 0) is 10.3 Å². The van der Waals surface area contributed by atoms with Gasteiger partial charge in [-0.25, -0.2) is 4.79 Å². The number of ether oxygens (including phenoxy) is 2. The molecule has 0 bridgehead atoms. The average Bonchev–Trinajstić information content (AvgIpc) is 3.12. The number of aryl methyl sites for hydroxylation is 2. The summed E-state index contributed by atoms with van der Waals surface area (Å²) in [6.45, 7) is 4.01. The zero-order valence-corrected chi connectivity index (χ0v) is 17.8. The number of hydrogen-bond acceptors (Lipinski definition) is 4. The van der Waals surface area contributed by atoms with Gasteiger partial charge in [0, 0.05) is 28.1 Å². The summed E-state index contributed by atoms with van der Waals surface area (Å²) in [5.74, 6) is 1.06. The maximum absolute atomic E-state index is 13.3. The van der Waals surface area contributed by atoms with E-state index in [0.717, 1.165) is 33.6 Å². The Kier molecular flexibility index (Phi) is 3.93. The van der Waals surface area contributed by atoms with Crippen LogP contribution in [0.25, 0.3) is 0 Å². The Morgan fingerprint density at radius 2 is 1.38 bits per heavy atom. The molecule has 4 aromatic rings. The minimum Gasteiger partial charge on any atom is -0.456 e. The Bertz CT molecular complexity index is 1340. The van der Waals surface area contributed by atoms with E-state index in [2.05, 4.69) is 24.4 Å². The minimum atomic E-state index is -1.09. The van der Waals surface area contributed by atoms with E-state index in [1.807, 2.05) is 79.7 Å². The average molecular weight is 419 g/mol. The molecule has 0 saturated carbocycles. The van der Waals surface area contributed by atoms with Crippen LogP contribution in [0.4, 0.5) is 11.4 Å². The number of carbonyl (C=O) groups is 1. The molecule has 1 N–H and O–H groups in total. The number of para-hydroxylation sites is 2. The molecule has 0 radical (unpaired) electrons. The number of esters is 1. The van der Waals surface area contributed by atoms with E-state index in [1.54, 1.807) is 0 Å². The number of nitrogens with one attached hydrogen (secondary N) is 1. The molecule has 0 unspecified atom stereocenters. The molecule has 0 aromatic heterocycles. The Labute approximate surface area is 186 Å². The highest BCUT2D eigenvalue weighted by atomic mass is 16.6. The van der Waals surface area contributed by atoms with Crippen LogP contribution in [0.15, 0.2) is 84.9 Å². The fraction of sp³-hybridized carbons (Fsp3) is 0.107. The van der Waals surface area contributed by atoms with Gasteiger partial charge in [-0.1, -0.05) is 60.2 Å². The minimum absolute atomic E-state index is 0.323. The van der Waals surface area contributed by atoms with Gasteiger partial charge >= 0.3 is 5.97 Å². The van der Waals surface area contributed by atoms with Crippen LogP contribution in [0.3, 0.4) is 0 Å². The van der Waals surface area contributed by atoms with E-state index in [-0.39, 0.29) is 5.97 Å². The largest absolute Gasteiger partial charge is 0.456 e. The number of rotatable bonds is 2. The van der Waals surface area contributed by atoms with E-state index >= 15 is 0 Å². The van der Waals surface area contributed by atoms with Crippen molar-refractivity contribution in [3.8, 4) is 11.5 Å². The standard InChI is InChI=1S/C28H21NO3/c1-17-11-14-19(15-12-17)29-22-16-13-18(2)25-26(22)28(32-27(25)30)20-7-3-5-9-23(20)31-24-10-6-4-8-21(24)28/h3-16,29H,1-2H3. The van der Waals surface area contributed by atoms with Crippen LogP contribution in [0.1, 0.15) is 38.2 Å². The first-order valence-electron chi connectivity index (χ1n) is 10.7. The fourth-order valence-corrected chi connectivity index (χ4v) is 4.81. The molecule has 2 aliphatic heterocycles. The van der Waals surface area contributed by atoms with Crippen molar-refractivity contribution < 1.29 is 14.3 Å². The number of fused-ring (bicyclic) bond motifs is 6. The van der Waals surface area contributed by atoms with Crippen molar-refractivity contribution in [1.29, 1.82) is 0 Å². The van der Waals surface area contributed by atoms with Crippen molar-refractivity contribution in [2.45, 2.75) is 19.4 Å². The summed E-state index contributed by atoms with van der Waals surface area (Å²) in [6, 6.07) is 27.8. The van der Waals surface area contributed by atoms with E-state index in [4.69, 9.17) is 9.47 Å². The van der Waals surface area contributed by atoms with Crippen molar-refractivity contribution in [3.63, 3.8) is 0 Å². The van der Waals surface area contributed by atoms with Crippen LogP contribution >= 0.6 is 0 Å². The summed E-state index contributed by atoms with van der Waals surface area (Å²) in [4.78, 5) is 13.3. The number of anilines is 2. The van der Waals surface area contributed by atoms with E-state index in [1.165, 1.54) is 5.56 Å². The summed E-state index contributed by atoms with van der Waals surface area (Å²) < 4.78 is 12.5. The molecule has 6 rings (SSSR count). The lowest BCUT2D eigenvalue weighted by Gasteiger charge is -2.37. The van der Waals surface area contributed by atoms with E-state index in [0.29, 0.717) is 17.1 Å². The second kappa shape index (κ2) is 6.72. The van der Waals surface area contributed by atoms with Crippen molar-refractivity contribution in [3.05, 3.63) is 118 Å². The highest BCUT2D eigenvalue weighted by Crippen LogP contribution is 2.58. The highest BCUT2D eigenvalue weighted by molar-refractivity contribution is 6.01. The second-order valence-electron chi connectivity index (χ2n) is 8.34. The molecular weight excluding hydrogens is 398 g/mol. The lowest BCUT2D eigenvalue weighted by Crippen LogP contribution is -2.33. The van der Waals surface area contributed by atoms with Crippen molar-refractivity contribution in [2.24, 2.45) is 0 Å². The summed E-state index contributed by atoms with van der Waals surface area (Å²) in [5.41, 5.74) is 5.85. The molecule has 1 spiro atoms. The monoisotopic (exact) mass is 419 g/mol. The van der Waals surface area contributed by atoms with Crippen molar-refractivity contribution in [1.82, 2.24) is 0 Å². The second-order valence-corrected chi connectivity index (χ2v) is 8.34. The summed E-state index contributed by atoms with van der Waals surface area (Å²) in [5, 5.41) is 3.54. The maximum atomic E-state index is 13.3. The number of benzene rings is 4. The molecule has 4 nitrogen and oxygen atoms in total. The highest BCUT2D eigenvalue weighted by Gasteiger charge is 2.55. The molecular formula is C28H21NO3. The normalized spacial score (nSPS) is 14.8. The topological polar surface area (TPSA) is 47.6 Å². The molecule has 156 valence electrons. The maximum Gasteiger partial charge on any atom is 0.340 e. The first kappa shape index (κ1) is 18.7. The summed E-state index contributed by atoms with van der Waals surface area (Å²) in [6.07, 6.45) is 0. The third-order valence-corrected chi connectivity index (χ3v) is 6.30. The smallest absolute Gasteiger partial charge is 0.340 e. The van der Waals surface area contributed by atoms with Crippen LogP contribution in [0, 0.1) is 13.8 Å². The van der Waals surface area contributed by atoms with Crippen molar-refractivity contribution >= 4 is 17.3 Å². The van der Waals surface area contributed by atoms with Gasteiger partial charge in [0.1, 0.15) is 11.5 Å². The molecule has 0 atom stereocenters. The Morgan fingerprint density at radius 1 is 0.750 bits per heavy atom. The van der Waals surface area contributed by atoms with Gasteiger partial charge in [0.05, 0.1) is 5.56 Å². The van der Waals surface area contributed by atoms with Gasteiger partial charge in [0.25, 0.3) is 0 Å². The third-order valence-electron chi connectivity index (χ3n) is 6.30. The lowest BCUT2D eigenvalue weighted by molar-refractivity contribution is 0.0225.